The minimum Gasteiger partial charge on any atom is -0.314 e. The van der Waals surface area contributed by atoms with Gasteiger partial charge in [-0.2, -0.15) is 0 Å². The highest BCUT2D eigenvalue weighted by atomic mass is 32.2. The molecule has 1 heterocycles. The van der Waals surface area contributed by atoms with E-state index in [0.29, 0.717) is 23.5 Å². The second kappa shape index (κ2) is 5.91. The topological polar surface area (TPSA) is 46.2 Å². The Bertz CT molecular complexity index is 356. The highest BCUT2D eigenvalue weighted by Crippen LogP contribution is 2.30. The molecule has 2 fully saturated rings. The van der Waals surface area contributed by atoms with Crippen molar-refractivity contribution in [2.75, 3.05) is 18.1 Å². The smallest absolute Gasteiger partial charge is 0.150 e. The maximum absolute atomic E-state index is 11.4. The first-order valence-electron chi connectivity index (χ1n) is 7.40. The van der Waals surface area contributed by atoms with Gasteiger partial charge >= 0.3 is 0 Å². The van der Waals surface area contributed by atoms with Gasteiger partial charge in [-0.1, -0.05) is 13.8 Å². The summed E-state index contributed by atoms with van der Waals surface area (Å²) >= 11 is 0. The summed E-state index contributed by atoms with van der Waals surface area (Å²) in [4.78, 5) is 0. The molecule has 0 radical (unpaired) electrons. The maximum Gasteiger partial charge on any atom is 0.150 e. The third-order valence-corrected chi connectivity index (χ3v) is 6.57. The highest BCUT2D eigenvalue weighted by molar-refractivity contribution is 7.91. The van der Waals surface area contributed by atoms with E-state index in [1.165, 1.54) is 25.7 Å². The van der Waals surface area contributed by atoms with Gasteiger partial charge in [-0.15, -0.1) is 0 Å². The average molecular weight is 273 g/mol. The monoisotopic (exact) mass is 273 g/mol. The van der Waals surface area contributed by atoms with Crippen LogP contribution >= 0.6 is 0 Å². The van der Waals surface area contributed by atoms with E-state index in [1.54, 1.807) is 0 Å². The molecule has 1 unspecified atom stereocenters. The van der Waals surface area contributed by atoms with Crippen LogP contribution in [0.15, 0.2) is 0 Å². The molecular weight excluding hydrogens is 246 g/mol. The Hall–Kier alpha value is -0.0900. The second-order valence-corrected chi connectivity index (χ2v) is 8.76. The van der Waals surface area contributed by atoms with Gasteiger partial charge in [0.1, 0.15) is 0 Å². The van der Waals surface area contributed by atoms with Crippen LogP contribution in [0.25, 0.3) is 0 Å². The largest absolute Gasteiger partial charge is 0.314 e. The molecule has 2 rings (SSSR count). The Labute approximate surface area is 112 Å². The fourth-order valence-electron chi connectivity index (χ4n) is 3.36. The molecule has 106 valence electrons. The molecule has 1 aliphatic carbocycles. The summed E-state index contributed by atoms with van der Waals surface area (Å²) in [6.45, 7) is 5.54. The van der Waals surface area contributed by atoms with Crippen LogP contribution < -0.4 is 5.32 Å². The van der Waals surface area contributed by atoms with E-state index < -0.39 is 9.84 Å². The Morgan fingerprint density at radius 2 is 1.78 bits per heavy atom. The summed E-state index contributed by atoms with van der Waals surface area (Å²) in [5.41, 5.74) is 0. The fraction of sp³-hybridized carbons (Fsp3) is 1.00. The molecule has 1 aliphatic heterocycles. The molecule has 0 aromatic heterocycles. The molecule has 0 amide bonds. The maximum atomic E-state index is 11.4. The molecular formula is C14H27NO2S. The molecule has 1 saturated heterocycles. The normalized spacial score (nSPS) is 36.1. The molecule has 1 N–H and O–H groups in total. The van der Waals surface area contributed by atoms with E-state index in [0.717, 1.165) is 24.8 Å². The number of sulfone groups is 1. The van der Waals surface area contributed by atoms with Crippen LogP contribution in [0.5, 0.6) is 0 Å². The van der Waals surface area contributed by atoms with Gasteiger partial charge in [0.25, 0.3) is 0 Å². The number of nitrogens with one attached hydrogen (secondary N) is 1. The summed E-state index contributed by atoms with van der Waals surface area (Å²) in [6, 6.07) is 0.628. The first-order chi connectivity index (χ1) is 8.46. The van der Waals surface area contributed by atoms with Crippen molar-refractivity contribution in [3.8, 4) is 0 Å². The standard InChI is InChI=1S/C14H27NO2S/c1-11(2)13-3-5-14(6-4-13)15-9-12-7-8-18(16,17)10-12/h11-15H,3-10H2,1-2H3. The van der Waals surface area contributed by atoms with E-state index >= 15 is 0 Å². The first kappa shape index (κ1) is 14.3. The SMILES string of the molecule is CC(C)C1CCC(NCC2CCS(=O)(=O)C2)CC1. The number of hydrogen-bond donors (Lipinski definition) is 1. The van der Waals surface area contributed by atoms with Crippen molar-refractivity contribution in [2.45, 2.75) is 52.0 Å². The van der Waals surface area contributed by atoms with Crippen molar-refractivity contribution < 1.29 is 8.42 Å². The molecule has 4 heteroatoms. The summed E-state index contributed by atoms with van der Waals surface area (Å²) in [7, 11) is -2.71. The van der Waals surface area contributed by atoms with E-state index in [-0.39, 0.29) is 0 Å². The Morgan fingerprint density at radius 1 is 1.11 bits per heavy atom. The van der Waals surface area contributed by atoms with Crippen molar-refractivity contribution >= 4 is 9.84 Å². The van der Waals surface area contributed by atoms with Gasteiger partial charge in [-0.05, 0) is 56.4 Å². The third-order valence-electron chi connectivity index (χ3n) is 4.74. The van der Waals surface area contributed by atoms with Gasteiger partial charge in [0.2, 0.25) is 0 Å². The van der Waals surface area contributed by atoms with Gasteiger partial charge in [0.05, 0.1) is 11.5 Å². The second-order valence-electron chi connectivity index (χ2n) is 6.53. The van der Waals surface area contributed by atoms with Crippen LogP contribution in [0.1, 0.15) is 46.0 Å². The van der Waals surface area contributed by atoms with E-state index in [4.69, 9.17) is 0 Å². The van der Waals surface area contributed by atoms with Gasteiger partial charge in [0, 0.05) is 6.04 Å². The lowest BCUT2D eigenvalue weighted by Gasteiger charge is -2.32. The van der Waals surface area contributed by atoms with Crippen LogP contribution in [0.4, 0.5) is 0 Å². The molecule has 2 aliphatic rings. The fourth-order valence-corrected chi connectivity index (χ4v) is 5.22. The molecule has 18 heavy (non-hydrogen) atoms. The quantitative estimate of drug-likeness (QED) is 0.854. The number of rotatable bonds is 4. The van der Waals surface area contributed by atoms with Gasteiger partial charge in [-0.25, -0.2) is 8.42 Å². The Balaban J connectivity index is 1.67. The lowest BCUT2D eigenvalue weighted by Crippen LogP contribution is -2.37. The van der Waals surface area contributed by atoms with Gasteiger partial charge < -0.3 is 5.32 Å². The minimum atomic E-state index is -2.71. The van der Waals surface area contributed by atoms with E-state index in [1.807, 2.05) is 0 Å². The molecule has 0 aromatic carbocycles. The molecule has 1 atom stereocenters. The van der Waals surface area contributed by atoms with Crippen molar-refractivity contribution in [1.82, 2.24) is 5.32 Å². The molecule has 1 saturated carbocycles. The number of hydrogen-bond acceptors (Lipinski definition) is 3. The van der Waals surface area contributed by atoms with Crippen LogP contribution in [-0.2, 0) is 9.84 Å². The zero-order chi connectivity index (χ0) is 13.2. The molecule has 0 spiro atoms. The summed E-state index contributed by atoms with van der Waals surface area (Å²) in [6.07, 6.45) is 6.05. The summed E-state index contributed by atoms with van der Waals surface area (Å²) in [5, 5.41) is 3.60. The van der Waals surface area contributed by atoms with Crippen LogP contribution in [0.3, 0.4) is 0 Å². The zero-order valence-electron chi connectivity index (χ0n) is 11.7. The van der Waals surface area contributed by atoms with Crippen LogP contribution in [0, 0.1) is 17.8 Å². The lowest BCUT2D eigenvalue weighted by atomic mass is 9.79. The van der Waals surface area contributed by atoms with Crippen molar-refractivity contribution in [3.05, 3.63) is 0 Å². The highest BCUT2D eigenvalue weighted by Gasteiger charge is 2.29. The first-order valence-corrected chi connectivity index (χ1v) is 9.22. The van der Waals surface area contributed by atoms with Crippen molar-refractivity contribution in [2.24, 2.45) is 17.8 Å². The Morgan fingerprint density at radius 3 is 2.28 bits per heavy atom. The third kappa shape index (κ3) is 3.95. The van der Waals surface area contributed by atoms with E-state index in [9.17, 15) is 8.42 Å². The molecule has 0 aromatic rings. The van der Waals surface area contributed by atoms with E-state index in [2.05, 4.69) is 19.2 Å². The summed E-state index contributed by atoms with van der Waals surface area (Å²) < 4.78 is 22.8. The van der Waals surface area contributed by atoms with Crippen LogP contribution in [-0.4, -0.2) is 32.5 Å². The average Bonchev–Trinajstić information content (AvgIpc) is 2.67. The zero-order valence-corrected chi connectivity index (χ0v) is 12.5. The van der Waals surface area contributed by atoms with Crippen molar-refractivity contribution in [1.29, 1.82) is 0 Å². The molecule has 3 nitrogen and oxygen atoms in total. The van der Waals surface area contributed by atoms with Crippen molar-refractivity contribution in [3.63, 3.8) is 0 Å². The predicted molar refractivity (Wildman–Crippen MR) is 75.3 cm³/mol. The predicted octanol–water partition coefficient (Wildman–Crippen LogP) is 2.23. The van der Waals surface area contributed by atoms with Crippen LogP contribution in [0.2, 0.25) is 0 Å². The lowest BCUT2D eigenvalue weighted by molar-refractivity contribution is 0.235. The summed E-state index contributed by atoms with van der Waals surface area (Å²) in [5.74, 6) is 2.87. The van der Waals surface area contributed by atoms with Gasteiger partial charge in [-0.3, -0.25) is 0 Å². The van der Waals surface area contributed by atoms with Gasteiger partial charge in [0.15, 0.2) is 9.84 Å². The molecule has 0 bridgehead atoms. The minimum absolute atomic E-state index is 0.359. The Kier molecular flexibility index (Phi) is 4.70.